The van der Waals surface area contributed by atoms with Crippen molar-refractivity contribution >= 4 is 0 Å². The van der Waals surface area contributed by atoms with Gasteiger partial charge in [-0.1, -0.05) is 81.4 Å². The molecular formula is C22H32N2. The van der Waals surface area contributed by atoms with Gasteiger partial charge in [0.1, 0.15) is 0 Å². The Morgan fingerprint density at radius 2 is 1.33 bits per heavy atom. The largest absolute Gasteiger partial charge is 0.316 e. The monoisotopic (exact) mass is 324 g/mol. The predicted molar refractivity (Wildman–Crippen MR) is 104 cm³/mol. The maximum Gasteiger partial charge on any atom is 0.0237 e. The molecule has 0 spiro atoms. The molecule has 1 atom stereocenters. The molecule has 0 aliphatic heterocycles. The van der Waals surface area contributed by atoms with Crippen LogP contribution in [0.15, 0.2) is 60.7 Å². The smallest absolute Gasteiger partial charge is 0.0237 e. The average molecular weight is 325 g/mol. The number of nitrogens with one attached hydrogen (secondary N) is 1. The molecule has 2 aromatic rings. The molecule has 0 aliphatic rings. The zero-order valence-electron chi connectivity index (χ0n) is 15.5. The summed E-state index contributed by atoms with van der Waals surface area (Å²) in [5.41, 5.74) is 3.06. The van der Waals surface area contributed by atoms with Gasteiger partial charge in [-0.25, -0.2) is 0 Å². The standard InChI is InChI=1S/C22H32N2/c1-4-22(3,18-23-5-2)19-24(16-20-12-8-6-9-13-20)17-21-14-10-7-11-15-21/h6-15,23H,4-5,16-19H2,1-3H3. The topological polar surface area (TPSA) is 15.3 Å². The van der Waals surface area contributed by atoms with Gasteiger partial charge in [0.05, 0.1) is 0 Å². The molecule has 2 aromatic carbocycles. The molecule has 0 saturated carbocycles. The van der Waals surface area contributed by atoms with E-state index in [1.165, 1.54) is 17.5 Å². The van der Waals surface area contributed by atoms with Gasteiger partial charge in [-0.05, 0) is 29.5 Å². The minimum atomic E-state index is 0.291. The fourth-order valence-electron chi connectivity index (χ4n) is 3.11. The summed E-state index contributed by atoms with van der Waals surface area (Å²) in [5.74, 6) is 0. The highest BCUT2D eigenvalue weighted by Crippen LogP contribution is 2.24. The number of hydrogen-bond acceptors (Lipinski definition) is 2. The second-order valence-electron chi connectivity index (χ2n) is 7.06. The molecule has 0 amide bonds. The van der Waals surface area contributed by atoms with Gasteiger partial charge >= 0.3 is 0 Å². The first-order valence-electron chi connectivity index (χ1n) is 9.16. The summed E-state index contributed by atoms with van der Waals surface area (Å²) in [6.45, 7) is 12.1. The van der Waals surface area contributed by atoms with E-state index in [2.05, 4.69) is 91.7 Å². The van der Waals surface area contributed by atoms with E-state index in [4.69, 9.17) is 0 Å². The van der Waals surface area contributed by atoms with Gasteiger partial charge in [0.25, 0.3) is 0 Å². The van der Waals surface area contributed by atoms with E-state index < -0.39 is 0 Å². The van der Waals surface area contributed by atoms with E-state index in [-0.39, 0.29) is 0 Å². The summed E-state index contributed by atoms with van der Waals surface area (Å²) < 4.78 is 0. The zero-order valence-corrected chi connectivity index (χ0v) is 15.5. The van der Waals surface area contributed by atoms with Gasteiger partial charge < -0.3 is 5.32 Å². The second-order valence-corrected chi connectivity index (χ2v) is 7.06. The third-order valence-electron chi connectivity index (χ3n) is 4.76. The Morgan fingerprint density at radius 3 is 1.75 bits per heavy atom. The quantitative estimate of drug-likeness (QED) is 0.680. The second kappa shape index (κ2) is 9.61. The first-order valence-corrected chi connectivity index (χ1v) is 9.16. The molecule has 0 aliphatic carbocycles. The third-order valence-corrected chi connectivity index (χ3v) is 4.76. The Labute approximate surface area is 147 Å². The van der Waals surface area contributed by atoms with Crippen molar-refractivity contribution in [3.05, 3.63) is 71.8 Å². The van der Waals surface area contributed by atoms with Crippen molar-refractivity contribution in [2.24, 2.45) is 5.41 Å². The van der Waals surface area contributed by atoms with Gasteiger partial charge in [0.15, 0.2) is 0 Å². The van der Waals surface area contributed by atoms with Gasteiger partial charge in [0, 0.05) is 26.2 Å². The van der Waals surface area contributed by atoms with Crippen molar-refractivity contribution in [1.82, 2.24) is 10.2 Å². The highest BCUT2D eigenvalue weighted by molar-refractivity contribution is 5.17. The van der Waals surface area contributed by atoms with Crippen molar-refractivity contribution in [2.75, 3.05) is 19.6 Å². The molecule has 0 bridgehead atoms. The molecule has 2 rings (SSSR count). The summed E-state index contributed by atoms with van der Waals surface area (Å²) in [4.78, 5) is 2.59. The lowest BCUT2D eigenvalue weighted by molar-refractivity contribution is 0.143. The van der Waals surface area contributed by atoms with Gasteiger partial charge in [-0.15, -0.1) is 0 Å². The van der Waals surface area contributed by atoms with E-state index in [9.17, 15) is 0 Å². The highest BCUT2D eigenvalue weighted by Gasteiger charge is 2.25. The molecule has 1 unspecified atom stereocenters. The van der Waals surface area contributed by atoms with E-state index in [0.29, 0.717) is 5.41 Å². The van der Waals surface area contributed by atoms with Crippen LogP contribution < -0.4 is 5.32 Å². The van der Waals surface area contributed by atoms with Gasteiger partial charge in [-0.3, -0.25) is 4.90 Å². The van der Waals surface area contributed by atoms with Crippen LogP contribution in [0.4, 0.5) is 0 Å². The predicted octanol–water partition coefficient (Wildman–Crippen LogP) is 4.71. The van der Waals surface area contributed by atoms with Crippen LogP contribution in [0, 0.1) is 5.41 Å². The molecule has 2 nitrogen and oxygen atoms in total. The SMILES string of the molecule is CCNCC(C)(CC)CN(Cc1ccccc1)Cc1ccccc1. The number of nitrogens with zero attached hydrogens (tertiary/aromatic N) is 1. The summed E-state index contributed by atoms with van der Waals surface area (Å²) in [7, 11) is 0. The number of hydrogen-bond donors (Lipinski definition) is 1. The molecule has 1 N–H and O–H groups in total. The van der Waals surface area contributed by atoms with Gasteiger partial charge in [-0.2, -0.15) is 0 Å². The molecule has 0 saturated heterocycles. The summed E-state index contributed by atoms with van der Waals surface area (Å²) in [6, 6.07) is 21.6. The van der Waals surface area contributed by atoms with Crippen molar-refractivity contribution < 1.29 is 0 Å². The Balaban J connectivity index is 2.11. The molecule has 0 radical (unpaired) electrons. The number of benzene rings is 2. The molecule has 2 heteroatoms. The Hall–Kier alpha value is -1.64. The number of rotatable bonds is 10. The van der Waals surface area contributed by atoms with Crippen molar-refractivity contribution in [3.63, 3.8) is 0 Å². The van der Waals surface area contributed by atoms with Crippen LogP contribution in [0.25, 0.3) is 0 Å². The fraction of sp³-hybridized carbons (Fsp3) is 0.455. The van der Waals surface area contributed by atoms with Crippen LogP contribution in [0.2, 0.25) is 0 Å². The normalized spacial score (nSPS) is 13.8. The van der Waals surface area contributed by atoms with Crippen LogP contribution in [0.3, 0.4) is 0 Å². The first-order chi connectivity index (χ1) is 11.6. The molecule has 24 heavy (non-hydrogen) atoms. The Kier molecular flexibility index (Phi) is 7.48. The zero-order chi connectivity index (χ0) is 17.3. The minimum absolute atomic E-state index is 0.291. The lowest BCUT2D eigenvalue weighted by atomic mass is 9.86. The minimum Gasteiger partial charge on any atom is -0.316 e. The molecule has 0 aromatic heterocycles. The van der Waals surface area contributed by atoms with E-state index >= 15 is 0 Å². The summed E-state index contributed by atoms with van der Waals surface area (Å²) in [5, 5.41) is 3.55. The van der Waals surface area contributed by atoms with Crippen molar-refractivity contribution in [2.45, 2.75) is 40.3 Å². The highest BCUT2D eigenvalue weighted by atomic mass is 15.1. The Morgan fingerprint density at radius 1 is 0.833 bits per heavy atom. The van der Waals surface area contributed by atoms with Crippen LogP contribution in [-0.2, 0) is 13.1 Å². The maximum absolute atomic E-state index is 3.55. The van der Waals surface area contributed by atoms with Crippen LogP contribution in [0.1, 0.15) is 38.3 Å². The summed E-state index contributed by atoms with van der Waals surface area (Å²) >= 11 is 0. The average Bonchev–Trinajstić information content (AvgIpc) is 2.62. The van der Waals surface area contributed by atoms with Crippen molar-refractivity contribution in [1.29, 1.82) is 0 Å². The van der Waals surface area contributed by atoms with Crippen LogP contribution in [0.5, 0.6) is 0 Å². The van der Waals surface area contributed by atoms with Crippen LogP contribution in [-0.4, -0.2) is 24.5 Å². The van der Waals surface area contributed by atoms with Crippen LogP contribution >= 0.6 is 0 Å². The van der Waals surface area contributed by atoms with E-state index in [1.54, 1.807) is 0 Å². The Bertz CT molecular complexity index is 526. The maximum atomic E-state index is 3.55. The molecular weight excluding hydrogens is 292 g/mol. The molecule has 0 fully saturated rings. The van der Waals surface area contributed by atoms with E-state index in [0.717, 1.165) is 32.7 Å². The lowest BCUT2D eigenvalue weighted by Gasteiger charge is -2.35. The third kappa shape index (κ3) is 6.10. The van der Waals surface area contributed by atoms with E-state index in [1.807, 2.05) is 0 Å². The first kappa shape index (κ1) is 18.7. The van der Waals surface area contributed by atoms with Crippen molar-refractivity contribution in [3.8, 4) is 0 Å². The molecule has 130 valence electrons. The lowest BCUT2D eigenvalue weighted by Crippen LogP contribution is -2.41. The fourth-order valence-corrected chi connectivity index (χ4v) is 3.11. The summed E-state index contributed by atoms with van der Waals surface area (Å²) in [6.07, 6.45) is 1.18. The molecule has 0 heterocycles. The van der Waals surface area contributed by atoms with Gasteiger partial charge in [0.2, 0.25) is 0 Å².